The zero-order valence-electron chi connectivity index (χ0n) is 35.3. The lowest BCUT2D eigenvalue weighted by atomic mass is 9.43. The third-order valence-corrected chi connectivity index (χ3v) is 15.7. The first kappa shape index (κ1) is 35.6. The van der Waals surface area contributed by atoms with Gasteiger partial charge in [-0.3, -0.25) is 0 Å². The molecule has 5 heterocycles. The Kier molecular flexibility index (Phi) is 7.04. The van der Waals surface area contributed by atoms with Crippen molar-refractivity contribution >= 4 is 114 Å². The second kappa shape index (κ2) is 11.7. The predicted molar refractivity (Wildman–Crippen MR) is 262 cm³/mol. The number of hydrogen-bond acceptors (Lipinski definition) is 3. The standard InChI is InChI=1S/C54H47BN2S2/c1-52(2,3)30-18-22-33(23-19-30)57-42-29-45-36(34-14-10-12-16-43(34)58-45)28-38(42)48-49-50-46(47-35-15-11-13-17-44(35)59-51(47)48)37-26-31(53(4,5)6)20-24-40(37)56(50)41-25-21-32(54(7,8)9)27-39(41)55(49)57/h10-29H,1-9H3. The fraction of sp³-hybridized carbons (Fsp3) is 0.222. The fourth-order valence-corrected chi connectivity index (χ4v) is 12.7. The van der Waals surface area contributed by atoms with Gasteiger partial charge in [0.05, 0.1) is 11.0 Å². The van der Waals surface area contributed by atoms with E-state index < -0.39 is 0 Å². The van der Waals surface area contributed by atoms with Gasteiger partial charge in [0.25, 0.3) is 0 Å². The average Bonchev–Trinajstić information content (AvgIpc) is 3.87. The first-order valence-electron chi connectivity index (χ1n) is 21.1. The van der Waals surface area contributed by atoms with Crippen LogP contribution in [-0.2, 0) is 16.2 Å². The number of nitrogens with zero attached hydrogens (tertiary/aromatic N) is 2. The second-order valence-corrected chi connectivity index (χ2v) is 22.3. The molecule has 0 spiro atoms. The number of fused-ring (bicyclic) bond motifs is 16. The number of thiophene rings is 2. The molecule has 0 atom stereocenters. The van der Waals surface area contributed by atoms with Gasteiger partial charge in [0.1, 0.15) is 0 Å². The van der Waals surface area contributed by atoms with E-state index in [-0.39, 0.29) is 23.1 Å². The van der Waals surface area contributed by atoms with E-state index in [0.717, 1.165) is 0 Å². The van der Waals surface area contributed by atoms with Crippen molar-refractivity contribution in [2.45, 2.75) is 78.6 Å². The van der Waals surface area contributed by atoms with Crippen LogP contribution in [0.25, 0.3) is 79.0 Å². The smallest absolute Gasteiger partial charge is 0.333 e. The van der Waals surface area contributed by atoms with Crippen molar-refractivity contribution in [3.05, 3.63) is 138 Å². The van der Waals surface area contributed by atoms with Gasteiger partial charge in [-0.2, -0.15) is 0 Å². The molecule has 0 saturated heterocycles. The van der Waals surface area contributed by atoms with Crippen molar-refractivity contribution in [2.75, 3.05) is 4.81 Å². The summed E-state index contributed by atoms with van der Waals surface area (Å²) in [5.41, 5.74) is 16.1. The summed E-state index contributed by atoms with van der Waals surface area (Å²) in [6.45, 7) is 21.0. The van der Waals surface area contributed by atoms with Gasteiger partial charge < -0.3 is 9.38 Å². The van der Waals surface area contributed by atoms with Crippen LogP contribution in [0.15, 0.2) is 121 Å². The van der Waals surface area contributed by atoms with E-state index in [2.05, 4.69) is 193 Å². The minimum Gasteiger partial charge on any atom is -0.376 e. The Morgan fingerprint density at radius 1 is 0.492 bits per heavy atom. The van der Waals surface area contributed by atoms with Crippen LogP contribution in [0.3, 0.4) is 0 Å². The molecule has 2 nitrogen and oxygen atoms in total. The SMILES string of the molecule is CC(C)(C)c1ccc(N2B3c4cc(C(C)(C)C)ccc4-n4c5ccc(C(C)(C)C)cc5c5c6c(sc7ccccc76)c(c3c54)-c3cc4c(cc32)sc2ccccc24)cc1. The summed E-state index contributed by atoms with van der Waals surface area (Å²) in [6, 6.07) is 47.5. The summed E-state index contributed by atoms with van der Waals surface area (Å²) >= 11 is 3.90. The lowest BCUT2D eigenvalue weighted by Gasteiger charge is -2.42. The van der Waals surface area contributed by atoms with Gasteiger partial charge in [0.2, 0.25) is 0 Å². The number of benzene rings is 7. The average molecular weight is 799 g/mol. The van der Waals surface area contributed by atoms with Gasteiger partial charge in [-0.1, -0.05) is 129 Å². The molecule has 7 aromatic carbocycles. The summed E-state index contributed by atoms with van der Waals surface area (Å²) in [4.78, 5) is 2.72. The molecular formula is C54H47BN2S2. The fourth-order valence-electron chi connectivity index (χ4n) is 10.3. The first-order chi connectivity index (χ1) is 28.2. The molecule has 2 aliphatic rings. The maximum atomic E-state index is 2.72. The highest BCUT2D eigenvalue weighted by Gasteiger charge is 2.46. The summed E-state index contributed by atoms with van der Waals surface area (Å²) in [6.07, 6.45) is 0. The molecule has 0 bridgehead atoms. The third kappa shape index (κ3) is 4.86. The Morgan fingerprint density at radius 2 is 1.12 bits per heavy atom. The molecule has 0 amide bonds. The molecule has 0 fully saturated rings. The molecule has 59 heavy (non-hydrogen) atoms. The zero-order valence-corrected chi connectivity index (χ0v) is 37.0. The Morgan fingerprint density at radius 3 is 1.83 bits per heavy atom. The quantitative estimate of drug-likeness (QED) is 0.150. The number of rotatable bonds is 1. The molecule has 288 valence electrons. The number of hydrogen-bond donors (Lipinski definition) is 0. The zero-order chi connectivity index (χ0) is 40.5. The highest BCUT2D eigenvalue weighted by molar-refractivity contribution is 7.27. The first-order valence-corrected chi connectivity index (χ1v) is 22.8. The van der Waals surface area contributed by atoms with Gasteiger partial charge in [0.15, 0.2) is 0 Å². The minimum absolute atomic E-state index is 0.0124. The maximum Gasteiger partial charge on any atom is 0.333 e. The summed E-state index contributed by atoms with van der Waals surface area (Å²) < 4.78 is 8.07. The van der Waals surface area contributed by atoms with Crippen molar-refractivity contribution in [3.8, 4) is 16.8 Å². The van der Waals surface area contributed by atoms with Crippen LogP contribution in [0.4, 0.5) is 11.4 Å². The summed E-state index contributed by atoms with van der Waals surface area (Å²) in [5, 5.41) is 8.17. The second-order valence-electron chi connectivity index (χ2n) is 20.2. The summed E-state index contributed by atoms with van der Waals surface area (Å²) in [5.74, 6) is 0. The van der Waals surface area contributed by atoms with Gasteiger partial charge >= 0.3 is 6.85 Å². The molecule has 5 heteroatoms. The van der Waals surface area contributed by atoms with Crippen molar-refractivity contribution in [1.82, 2.24) is 4.57 Å². The molecule has 0 N–H and O–H groups in total. The maximum absolute atomic E-state index is 2.72. The van der Waals surface area contributed by atoms with Crippen molar-refractivity contribution in [3.63, 3.8) is 0 Å². The predicted octanol–water partition coefficient (Wildman–Crippen LogP) is 14.6. The van der Waals surface area contributed by atoms with Gasteiger partial charge in [0, 0.05) is 79.3 Å². The monoisotopic (exact) mass is 798 g/mol. The normalized spacial score (nSPS) is 14.1. The van der Waals surface area contributed by atoms with Gasteiger partial charge in [-0.25, -0.2) is 0 Å². The topological polar surface area (TPSA) is 8.17 Å². The van der Waals surface area contributed by atoms with E-state index in [9.17, 15) is 0 Å². The number of aromatic nitrogens is 1. The van der Waals surface area contributed by atoms with Crippen molar-refractivity contribution < 1.29 is 0 Å². The van der Waals surface area contributed by atoms with Gasteiger partial charge in [-0.05, 0) is 98.5 Å². The van der Waals surface area contributed by atoms with Crippen LogP contribution in [-0.4, -0.2) is 11.4 Å². The molecule has 0 aliphatic carbocycles. The highest BCUT2D eigenvalue weighted by Crippen LogP contribution is 2.54. The Bertz CT molecular complexity index is 3450. The Balaban J connectivity index is 1.34. The lowest BCUT2D eigenvalue weighted by Crippen LogP contribution is -2.60. The third-order valence-electron chi connectivity index (χ3n) is 13.4. The Labute approximate surface area is 354 Å². The molecule has 0 unspecified atom stereocenters. The van der Waals surface area contributed by atoms with E-state index in [1.165, 1.54) is 118 Å². The van der Waals surface area contributed by atoms with Crippen molar-refractivity contribution in [2.24, 2.45) is 0 Å². The van der Waals surface area contributed by atoms with E-state index in [0.29, 0.717) is 0 Å². The van der Waals surface area contributed by atoms with Crippen LogP contribution in [0, 0.1) is 0 Å². The van der Waals surface area contributed by atoms with Gasteiger partial charge in [-0.15, -0.1) is 22.7 Å². The van der Waals surface area contributed by atoms with E-state index in [1.54, 1.807) is 0 Å². The molecule has 12 rings (SSSR count). The van der Waals surface area contributed by atoms with Crippen LogP contribution < -0.4 is 15.7 Å². The van der Waals surface area contributed by atoms with Crippen LogP contribution in [0.2, 0.25) is 0 Å². The highest BCUT2D eigenvalue weighted by atomic mass is 32.1. The largest absolute Gasteiger partial charge is 0.376 e. The van der Waals surface area contributed by atoms with E-state index in [1.807, 2.05) is 22.7 Å². The molecule has 2 aliphatic heterocycles. The molecule has 10 aromatic rings. The molecule has 0 radical (unpaired) electrons. The van der Waals surface area contributed by atoms with Crippen LogP contribution >= 0.6 is 22.7 Å². The van der Waals surface area contributed by atoms with Crippen molar-refractivity contribution in [1.29, 1.82) is 0 Å². The molecule has 3 aromatic heterocycles. The Hall–Kier alpha value is -5.36. The van der Waals surface area contributed by atoms with Crippen LogP contribution in [0.5, 0.6) is 0 Å². The van der Waals surface area contributed by atoms with E-state index >= 15 is 0 Å². The molecular weight excluding hydrogens is 752 g/mol. The number of anilines is 2. The minimum atomic E-state index is -0.0434. The summed E-state index contributed by atoms with van der Waals surface area (Å²) in [7, 11) is 0. The van der Waals surface area contributed by atoms with E-state index in [4.69, 9.17) is 0 Å². The molecule has 0 saturated carbocycles. The lowest BCUT2D eigenvalue weighted by molar-refractivity contribution is 0.590. The van der Waals surface area contributed by atoms with Crippen LogP contribution in [0.1, 0.15) is 79.0 Å².